The van der Waals surface area contributed by atoms with Crippen molar-refractivity contribution in [3.05, 3.63) is 18.2 Å². The average molecular weight is 262 g/mol. The van der Waals surface area contributed by atoms with Gasteiger partial charge in [-0.2, -0.15) is 0 Å². The van der Waals surface area contributed by atoms with Crippen LogP contribution in [-0.4, -0.2) is 37.2 Å². The van der Waals surface area contributed by atoms with Gasteiger partial charge >= 0.3 is 0 Å². The molecule has 1 N–H and O–H groups in total. The Labute approximate surface area is 112 Å². The first-order valence-electron chi connectivity index (χ1n) is 6.74. The lowest BCUT2D eigenvalue weighted by molar-refractivity contribution is -0.129. The highest BCUT2D eigenvalue weighted by atomic mass is 16.7. The lowest BCUT2D eigenvalue weighted by atomic mass is 10.2. The highest BCUT2D eigenvalue weighted by molar-refractivity contribution is 5.77. The predicted octanol–water partition coefficient (Wildman–Crippen LogP) is 1.84. The number of hydrogen-bond donors (Lipinski definition) is 1. The van der Waals surface area contributed by atoms with Gasteiger partial charge in [-0.1, -0.05) is 0 Å². The molecule has 0 unspecified atom stereocenters. The van der Waals surface area contributed by atoms with E-state index in [1.807, 2.05) is 23.1 Å². The zero-order chi connectivity index (χ0) is 13.1. The van der Waals surface area contributed by atoms with Gasteiger partial charge < -0.3 is 19.7 Å². The van der Waals surface area contributed by atoms with Crippen molar-refractivity contribution in [1.82, 2.24) is 4.90 Å². The number of likely N-dealkylation sites (tertiary alicyclic amines) is 1. The number of benzene rings is 1. The molecule has 0 spiro atoms. The molecule has 1 aromatic carbocycles. The predicted molar refractivity (Wildman–Crippen MR) is 71.5 cm³/mol. The number of amides is 1. The van der Waals surface area contributed by atoms with Crippen molar-refractivity contribution in [1.29, 1.82) is 0 Å². The van der Waals surface area contributed by atoms with Crippen LogP contribution in [0.2, 0.25) is 0 Å². The molecule has 0 atom stereocenters. The smallest absolute Gasteiger partial charge is 0.231 e. The Hall–Kier alpha value is -1.91. The lowest BCUT2D eigenvalue weighted by Gasteiger charge is -2.15. The Morgan fingerprint density at radius 1 is 1.21 bits per heavy atom. The van der Waals surface area contributed by atoms with Crippen LogP contribution in [-0.2, 0) is 4.79 Å². The second-order valence-electron chi connectivity index (χ2n) is 4.83. The first kappa shape index (κ1) is 12.1. The van der Waals surface area contributed by atoms with Crippen molar-refractivity contribution in [2.45, 2.75) is 19.3 Å². The number of anilines is 1. The number of carbonyl (C=O) groups is 1. The molecule has 1 fully saturated rings. The van der Waals surface area contributed by atoms with E-state index in [-0.39, 0.29) is 12.7 Å². The van der Waals surface area contributed by atoms with Crippen LogP contribution in [0.15, 0.2) is 18.2 Å². The number of nitrogens with zero attached hydrogens (tertiary/aromatic N) is 1. The molecule has 19 heavy (non-hydrogen) atoms. The maximum absolute atomic E-state index is 11.9. The Bertz CT molecular complexity index is 470. The van der Waals surface area contributed by atoms with Crippen molar-refractivity contribution in [2.75, 3.05) is 31.7 Å². The fraction of sp³-hybridized carbons (Fsp3) is 0.500. The largest absolute Gasteiger partial charge is 0.454 e. The second kappa shape index (κ2) is 5.38. The first-order chi connectivity index (χ1) is 9.33. The number of nitrogens with one attached hydrogen (secondary N) is 1. The van der Waals surface area contributed by atoms with Crippen molar-refractivity contribution in [3.8, 4) is 11.5 Å². The Morgan fingerprint density at radius 3 is 2.84 bits per heavy atom. The van der Waals surface area contributed by atoms with E-state index in [1.54, 1.807) is 0 Å². The molecule has 1 saturated heterocycles. The monoisotopic (exact) mass is 262 g/mol. The average Bonchev–Trinajstić information content (AvgIpc) is 3.09. The Morgan fingerprint density at radius 2 is 2.00 bits per heavy atom. The van der Waals surface area contributed by atoms with Crippen molar-refractivity contribution < 1.29 is 14.3 Å². The van der Waals surface area contributed by atoms with Gasteiger partial charge in [0.05, 0.1) is 0 Å². The number of hydrogen-bond acceptors (Lipinski definition) is 4. The third kappa shape index (κ3) is 2.75. The molecule has 2 heterocycles. The van der Waals surface area contributed by atoms with Gasteiger partial charge in [-0.15, -0.1) is 0 Å². The van der Waals surface area contributed by atoms with Crippen LogP contribution in [0.25, 0.3) is 0 Å². The zero-order valence-electron chi connectivity index (χ0n) is 10.9. The standard InChI is InChI=1S/C14H18N2O3/c17-14(16-7-1-2-8-16)5-6-15-11-3-4-12-13(9-11)19-10-18-12/h3-4,9,15H,1-2,5-8,10H2. The van der Waals surface area contributed by atoms with Gasteiger partial charge in [-0.3, -0.25) is 4.79 Å². The molecule has 3 rings (SSSR count). The van der Waals surface area contributed by atoms with Crippen molar-refractivity contribution >= 4 is 11.6 Å². The van der Waals surface area contributed by atoms with Gasteiger partial charge in [0, 0.05) is 37.8 Å². The molecule has 2 aliphatic rings. The zero-order valence-corrected chi connectivity index (χ0v) is 10.9. The number of ether oxygens (including phenoxy) is 2. The minimum absolute atomic E-state index is 0.241. The summed E-state index contributed by atoms with van der Waals surface area (Å²) in [6.45, 7) is 2.77. The fourth-order valence-electron chi connectivity index (χ4n) is 2.44. The Balaban J connectivity index is 1.48. The van der Waals surface area contributed by atoms with E-state index in [4.69, 9.17) is 9.47 Å². The van der Waals surface area contributed by atoms with Crippen LogP contribution >= 0.6 is 0 Å². The van der Waals surface area contributed by atoms with Crippen molar-refractivity contribution in [2.24, 2.45) is 0 Å². The molecule has 0 aromatic heterocycles. The molecular weight excluding hydrogens is 244 g/mol. The van der Waals surface area contributed by atoms with Crippen LogP contribution in [0.3, 0.4) is 0 Å². The molecule has 1 aromatic rings. The summed E-state index contributed by atoms with van der Waals surface area (Å²) in [4.78, 5) is 13.8. The van der Waals surface area contributed by atoms with E-state index in [0.29, 0.717) is 13.0 Å². The van der Waals surface area contributed by atoms with Crippen LogP contribution in [0.5, 0.6) is 11.5 Å². The minimum atomic E-state index is 0.241. The van der Waals surface area contributed by atoms with E-state index in [0.717, 1.165) is 43.1 Å². The first-order valence-corrected chi connectivity index (χ1v) is 6.74. The van der Waals surface area contributed by atoms with E-state index < -0.39 is 0 Å². The summed E-state index contributed by atoms with van der Waals surface area (Å²) in [5.74, 6) is 1.78. The molecule has 0 radical (unpaired) electrons. The van der Waals surface area contributed by atoms with Gasteiger partial charge in [0.15, 0.2) is 11.5 Å². The maximum atomic E-state index is 11.9. The lowest BCUT2D eigenvalue weighted by Crippen LogP contribution is -2.29. The molecule has 1 amide bonds. The SMILES string of the molecule is O=C(CCNc1ccc2c(c1)OCO2)N1CCCC1. The van der Waals surface area contributed by atoms with Gasteiger partial charge in [0.1, 0.15) is 0 Å². The molecule has 102 valence electrons. The van der Waals surface area contributed by atoms with Gasteiger partial charge in [0.25, 0.3) is 0 Å². The molecule has 5 heteroatoms. The van der Waals surface area contributed by atoms with Crippen LogP contribution in [0.4, 0.5) is 5.69 Å². The van der Waals surface area contributed by atoms with Gasteiger partial charge in [-0.25, -0.2) is 0 Å². The highest BCUT2D eigenvalue weighted by Gasteiger charge is 2.17. The van der Waals surface area contributed by atoms with Crippen molar-refractivity contribution in [3.63, 3.8) is 0 Å². The van der Waals surface area contributed by atoms with E-state index in [1.165, 1.54) is 0 Å². The molecule has 2 aliphatic heterocycles. The van der Waals surface area contributed by atoms with Gasteiger partial charge in [0.2, 0.25) is 12.7 Å². The summed E-state index contributed by atoms with van der Waals surface area (Å²) in [7, 11) is 0. The topological polar surface area (TPSA) is 50.8 Å². The quantitative estimate of drug-likeness (QED) is 0.899. The maximum Gasteiger partial charge on any atom is 0.231 e. The number of carbonyl (C=O) groups excluding carboxylic acids is 1. The molecule has 0 saturated carbocycles. The summed E-state index contributed by atoms with van der Waals surface area (Å²) in [6, 6.07) is 5.73. The van der Waals surface area contributed by atoms with Crippen LogP contribution in [0, 0.1) is 0 Å². The van der Waals surface area contributed by atoms with E-state index in [9.17, 15) is 4.79 Å². The summed E-state index contributed by atoms with van der Waals surface area (Å²) >= 11 is 0. The summed E-state index contributed by atoms with van der Waals surface area (Å²) in [5.41, 5.74) is 0.957. The Kier molecular flexibility index (Phi) is 3.44. The molecule has 5 nitrogen and oxygen atoms in total. The summed E-state index contributed by atoms with van der Waals surface area (Å²) in [6.07, 6.45) is 2.82. The molecular formula is C14H18N2O3. The molecule has 0 aliphatic carbocycles. The molecule has 0 bridgehead atoms. The minimum Gasteiger partial charge on any atom is -0.454 e. The third-order valence-corrected chi connectivity index (χ3v) is 3.50. The summed E-state index contributed by atoms with van der Waals surface area (Å²) in [5, 5.41) is 3.25. The fourth-order valence-corrected chi connectivity index (χ4v) is 2.44. The second-order valence-corrected chi connectivity index (χ2v) is 4.83. The third-order valence-electron chi connectivity index (χ3n) is 3.50. The summed E-state index contributed by atoms with van der Waals surface area (Å²) < 4.78 is 10.6. The van der Waals surface area contributed by atoms with Crippen LogP contribution < -0.4 is 14.8 Å². The number of fused-ring (bicyclic) bond motifs is 1. The van der Waals surface area contributed by atoms with E-state index in [2.05, 4.69) is 5.32 Å². The number of rotatable bonds is 4. The highest BCUT2D eigenvalue weighted by Crippen LogP contribution is 2.34. The van der Waals surface area contributed by atoms with Gasteiger partial charge in [-0.05, 0) is 25.0 Å². The normalized spacial score (nSPS) is 16.7. The van der Waals surface area contributed by atoms with Crippen LogP contribution in [0.1, 0.15) is 19.3 Å². The van der Waals surface area contributed by atoms with E-state index >= 15 is 0 Å².